The van der Waals surface area contributed by atoms with Crippen molar-refractivity contribution in [1.29, 1.82) is 0 Å². The van der Waals surface area contributed by atoms with E-state index in [1.165, 1.54) is 11.3 Å². The third-order valence-corrected chi connectivity index (χ3v) is 3.19. The molecule has 0 saturated heterocycles. The predicted octanol–water partition coefficient (Wildman–Crippen LogP) is 1.65. The summed E-state index contributed by atoms with van der Waals surface area (Å²) in [7, 11) is 0. The summed E-state index contributed by atoms with van der Waals surface area (Å²) in [5.41, 5.74) is 3.05. The smallest absolute Gasteiger partial charge is 0.277 e. The van der Waals surface area contributed by atoms with Crippen molar-refractivity contribution in [2.45, 2.75) is 39.5 Å². The Morgan fingerprint density at radius 3 is 2.60 bits per heavy atom. The minimum Gasteiger partial charge on any atom is -0.289 e. The van der Waals surface area contributed by atoms with E-state index < -0.39 is 0 Å². The van der Waals surface area contributed by atoms with E-state index in [1.807, 2.05) is 0 Å². The third-order valence-electron chi connectivity index (χ3n) is 2.03. The molecule has 0 aromatic carbocycles. The molecule has 0 bridgehead atoms. The van der Waals surface area contributed by atoms with Crippen molar-refractivity contribution in [2.24, 2.45) is 5.84 Å². The van der Waals surface area contributed by atoms with Crippen LogP contribution in [0.4, 0.5) is 0 Å². The van der Waals surface area contributed by atoms with Gasteiger partial charge in [0.15, 0.2) is 0 Å². The Hall–Kier alpha value is -0.940. The number of rotatable bonds is 5. The van der Waals surface area contributed by atoms with Gasteiger partial charge in [-0.25, -0.2) is 10.8 Å². The Morgan fingerprint density at radius 1 is 1.40 bits per heavy atom. The van der Waals surface area contributed by atoms with Gasteiger partial charge < -0.3 is 0 Å². The van der Waals surface area contributed by atoms with Crippen LogP contribution in [0.25, 0.3) is 0 Å². The van der Waals surface area contributed by atoms with E-state index in [0.29, 0.717) is 4.88 Å². The first-order valence-electron chi connectivity index (χ1n) is 5.22. The average Bonchev–Trinajstić information content (AvgIpc) is 2.61. The minimum absolute atomic E-state index is 0.224. The van der Waals surface area contributed by atoms with Crippen LogP contribution in [0.3, 0.4) is 0 Å². The number of hydrazine groups is 1. The zero-order valence-electron chi connectivity index (χ0n) is 9.17. The monoisotopic (exact) mass is 227 g/mol. The van der Waals surface area contributed by atoms with Gasteiger partial charge in [-0.15, -0.1) is 11.3 Å². The predicted molar refractivity (Wildman–Crippen MR) is 61.8 cm³/mol. The number of amides is 1. The standard InChI is InChI=1S/C10H17N3OS/c1-3-5-7-9(10(14)13-11)15-8(12-7)6-4-2/h3-6,11H2,1-2H3,(H,13,14). The number of aromatic nitrogens is 1. The van der Waals surface area contributed by atoms with Crippen LogP contribution in [0.1, 0.15) is 47.1 Å². The molecule has 4 nitrogen and oxygen atoms in total. The Bertz CT molecular complexity index is 335. The molecule has 5 heteroatoms. The molecule has 1 aromatic rings. The van der Waals surface area contributed by atoms with Crippen LogP contribution >= 0.6 is 11.3 Å². The van der Waals surface area contributed by atoms with Gasteiger partial charge in [-0.1, -0.05) is 20.3 Å². The van der Waals surface area contributed by atoms with Crippen molar-refractivity contribution in [3.8, 4) is 0 Å². The Morgan fingerprint density at radius 2 is 2.07 bits per heavy atom. The Kier molecular flexibility index (Phi) is 4.71. The summed E-state index contributed by atoms with van der Waals surface area (Å²) in [5, 5.41) is 1.03. The number of nitrogens with zero attached hydrogens (tertiary/aromatic N) is 1. The lowest BCUT2D eigenvalue weighted by molar-refractivity contribution is 0.0956. The third kappa shape index (κ3) is 3.00. The van der Waals surface area contributed by atoms with E-state index in [2.05, 4.69) is 24.3 Å². The molecule has 1 rings (SSSR count). The van der Waals surface area contributed by atoms with Crippen LogP contribution in [0.2, 0.25) is 0 Å². The molecule has 15 heavy (non-hydrogen) atoms. The normalized spacial score (nSPS) is 10.3. The highest BCUT2D eigenvalue weighted by molar-refractivity contribution is 7.13. The lowest BCUT2D eigenvalue weighted by Gasteiger charge is -1.97. The number of thiazole rings is 1. The summed E-state index contributed by atoms with van der Waals surface area (Å²) in [6.45, 7) is 4.17. The molecular formula is C10H17N3OS. The van der Waals surface area contributed by atoms with E-state index >= 15 is 0 Å². The highest BCUT2D eigenvalue weighted by atomic mass is 32.1. The molecule has 1 amide bonds. The van der Waals surface area contributed by atoms with Gasteiger partial charge in [-0.05, 0) is 19.3 Å². The number of hydrogen-bond acceptors (Lipinski definition) is 4. The molecule has 0 radical (unpaired) electrons. The number of carbonyl (C=O) groups is 1. The second kappa shape index (κ2) is 5.82. The van der Waals surface area contributed by atoms with Crippen molar-refractivity contribution in [3.05, 3.63) is 15.6 Å². The van der Waals surface area contributed by atoms with Gasteiger partial charge in [0.05, 0.1) is 10.7 Å². The van der Waals surface area contributed by atoms with Crippen LogP contribution in [0.15, 0.2) is 0 Å². The van der Waals surface area contributed by atoms with Crippen molar-refractivity contribution < 1.29 is 4.79 Å². The fraction of sp³-hybridized carbons (Fsp3) is 0.600. The Balaban J connectivity index is 2.94. The summed E-state index contributed by atoms with van der Waals surface area (Å²) in [4.78, 5) is 16.6. The largest absolute Gasteiger partial charge is 0.289 e. The molecule has 0 atom stereocenters. The summed E-state index contributed by atoms with van der Waals surface area (Å²) >= 11 is 1.45. The van der Waals surface area contributed by atoms with Crippen LogP contribution in [0, 0.1) is 0 Å². The first-order valence-corrected chi connectivity index (χ1v) is 6.04. The van der Waals surface area contributed by atoms with E-state index in [9.17, 15) is 4.79 Å². The molecule has 0 aliphatic carbocycles. The zero-order chi connectivity index (χ0) is 11.3. The quantitative estimate of drug-likeness (QED) is 0.456. The first kappa shape index (κ1) is 12.1. The van der Waals surface area contributed by atoms with Gasteiger partial charge in [-0.3, -0.25) is 10.2 Å². The van der Waals surface area contributed by atoms with E-state index in [1.54, 1.807) is 0 Å². The highest BCUT2D eigenvalue weighted by Gasteiger charge is 2.15. The molecule has 1 aromatic heterocycles. The van der Waals surface area contributed by atoms with Crippen LogP contribution < -0.4 is 11.3 Å². The van der Waals surface area contributed by atoms with E-state index in [-0.39, 0.29) is 5.91 Å². The molecule has 0 saturated carbocycles. The van der Waals surface area contributed by atoms with Crippen molar-refractivity contribution in [1.82, 2.24) is 10.4 Å². The van der Waals surface area contributed by atoms with Gasteiger partial charge in [0, 0.05) is 0 Å². The lowest BCUT2D eigenvalue weighted by atomic mass is 10.2. The fourth-order valence-electron chi connectivity index (χ4n) is 1.37. The van der Waals surface area contributed by atoms with Crippen molar-refractivity contribution in [2.75, 3.05) is 0 Å². The number of aryl methyl sites for hydroxylation is 2. The molecule has 0 fully saturated rings. The second-order valence-electron chi connectivity index (χ2n) is 3.36. The van der Waals surface area contributed by atoms with Gasteiger partial charge in [0.2, 0.25) is 0 Å². The zero-order valence-corrected chi connectivity index (χ0v) is 9.99. The van der Waals surface area contributed by atoms with Crippen molar-refractivity contribution >= 4 is 17.2 Å². The van der Waals surface area contributed by atoms with Crippen LogP contribution in [0.5, 0.6) is 0 Å². The number of nitrogens with one attached hydrogen (secondary N) is 1. The molecule has 0 aliphatic rings. The minimum atomic E-state index is -0.224. The molecular weight excluding hydrogens is 210 g/mol. The average molecular weight is 227 g/mol. The number of carbonyl (C=O) groups excluding carboxylic acids is 1. The van der Waals surface area contributed by atoms with Crippen molar-refractivity contribution in [3.63, 3.8) is 0 Å². The van der Waals surface area contributed by atoms with Gasteiger partial charge in [-0.2, -0.15) is 0 Å². The summed E-state index contributed by atoms with van der Waals surface area (Å²) < 4.78 is 0. The molecule has 84 valence electrons. The van der Waals surface area contributed by atoms with Crippen LogP contribution in [-0.2, 0) is 12.8 Å². The topological polar surface area (TPSA) is 68.0 Å². The molecule has 0 unspecified atom stereocenters. The van der Waals surface area contributed by atoms with Gasteiger partial charge in [0.25, 0.3) is 5.91 Å². The number of nitrogens with two attached hydrogens (primary N) is 1. The van der Waals surface area contributed by atoms with Gasteiger partial charge >= 0.3 is 0 Å². The molecule has 1 heterocycles. The second-order valence-corrected chi connectivity index (χ2v) is 4.44. The van der Waals surface area contributed by atoms with Gasteiger partial charge in [0.1, 0.15) is 4.88 Å². The van der Waals surface area contributed by atoms with E-state index in [4.69, 9.17) is 5.84 Å². The highest BCUT2D eigenvalue weighted by Crippen LogP contribution is 2.21. The molecule has 0 aliphatic heterocycles. The summed E-state index contributed by atoms with van der Waals surface area (Å²) in [6, 6.07) is 0. The molecule has 3 N–H and O–H groups in total. The molecule has 0 spiro atoms. The first-order chi connectivity index (χ1) is 7.22. The fourth-order valence-corrected chi connectivity index (χ4v) is 2.49. The number of hydrogen-bond donors (Lipinski definition) is 2. The Labute approximate surface area is 93.9 Å². The maximum atomic E-state index is 11.5. The SMILES string of the molecule is CCCc1nc(CCC)c(C(=O)NN)s1. The summed E-state index contributed by atoms with van der Waals surface area (Å²) in [6.07, 6.45) is 3.80. The summed E-state index contributed by atoms with van der Waals surface area (Å²) in [5.74, 6) is 4.91. The maximum absolute atomic E-state index is 11.5. The van der Waals surface area contributed by atoms with E-state index in [0.717, 1.165) is 36.4 Å². The lowest BCUT2D eigenvalue weighted by Crippen LogP contribution is -2.30. The van der Waals surface area contributed by atoms with Crippen LogP contribution in [-0.4, -0.2) is 10.9 Å². The maximum Gasteiger partial charge on any atom is 0.277 e. The number of nitrogen functional groups attached to an aromatic ring is 1.